The Morgan fingerprint density at radius 3 is 2.62 bits per heavy atom. The van der Waals surface area contributed by atoms with Crippen LogP contribution in [0.2, 0.25) is 0 Å². The second-order valence-corrected chi connectivity index (χ2v) is 7.06. The third-order valence-electron chi connectivity index (χ3n) is 4.73. The Hall–Kier alpha value is -3.59. The molecule has 2 heterocycles. The van der Waals surface area contributed by atoms with Crippen LogP contribution in [0.4, 0.5) is 23.3 Å². The fourth-order valence-corrected chi connectivity index (χ4v) is 3.05. The molecule has 0 radical (unpaired) electrons. The number of nitrogens with zero attached hydrogens (tertiary/aromatic N) is 7. The number of pyridine rings is 1. The Balaban J connectivity index is 1.70. The van der Waals surface area contributed by atoms with Crippen molar-refractivity contribution in [3.63, 3.8) is 0 Å². The molecule has 1 saturated carbocycles. The van der Waals surface area contributed by atoms with E-state index in [0.29, 0.717) is 41.3 Å². The summed E-state index contributed by atoms with van der Waals surface area (Å²) in [6, 6.07) is 7.12. The molecule has 1 aliphatic rings. The molecule has 3 rings (SSSR count). The van der Waals surface area contributed by atoms with Crippen LogP contribution in [0, 0.1) is 5.92 Å². The quantitative estimate of drug-likeness (QED) is 0.353. The summed E-state index contributed by atoms with van der Waals surface area (Å²) >= 11 is 0. The predicted molar refractivity (Wildman–Crippen MR) is 112 cm³/mol. The summed E-state index contributed by atoms with van der Waals surface area (Å²) in [7, 11) is 5.51. The molecule has 0 aliphatic heterocycles. The van der Waals surface area contributed by atoms with Gasteiger partial charge in [-0.15, -0.1) is 10.2 Å². The zero-order valence-corrected chi connectivity index (χ0v) is 16.6. The van der Waals surface area contributed by atoms with Crippen LogP contribution in [0.15, 0.2) is 29.4 Å². The molecular formula is C18H24N10O. The van der Waals surface area contributed by atoms with Crippen molar-refractivity contribution < 1.29 is 4.79 Å². The van der Waals surface area contributed by atoms with Gasteiger partial charge in [-0.25, -0.2) is 4.98 Å². The van der Waals surface area contributed by atoms with Crippen LogP contribution in [0.3, 0.4) is 0 Å². The van der Waals surface area contributed by atoms with Crippen LogP contribution in [0.5, 0.6) is 0 Å². The van der Waals surface area contributed by atoms with Gasteiger partial charge >= 0.3 is 0 Å². The molecule has 0 aromatic carbocycles. The van der Waals surface area contributed by atoms with Crippen LogP contribution in [0.25, 0.3) is 10.4 Å². The molecule has 2 aromatic rings. The topological polar surface area (TPSA) is 144 Å². The number of carbonyl (C=O) groups is 1. The summed E-state index contributed by atoms with van der Waals surface area (Å²) in [5, 5.41) is 20.8. The fraction of sp³-hybridized carbons (Fsp3) is 0.444. The molecule has 1 aliphatic carbocycles. The van der Waals surface area contributed by atoms with E-state index in [0.717, 1.165) is 12.8 Å². The average Bonchev–Trinajstić information content (AvgIpc) is 2.69. The number of aromatic nitrogens is 3. The van der Waals surface area contributed by atoms with Crippen LogP contribution in [-0.4, -0.2) is 54.8 Å². The average molecular weight is 396 g/mol. The second kappa shape index (κ2) is 9.07. The number of hydrogen-bond acceptors (Lipinski definition) is 8. The third kappa shape index (κ3) is 5.02. The first-order chi connectivity index (χ1) is 14.0. The van der Waals surface area contributed by atoms with E-state index in [9.17, 15) is 4.79 Å². The first-order valence-corrected chi connectivity index (χ1v) is 9.28. The molecule has 29 heavy (non-hydrogen) atoms. The normalized spacial score (nSPS) is 17.5. The molecule has 11 nitrogen and oxygen atoms in total. The molecular weight excluding hydrogens is 372 g/mol. The van der Waals surface area contributed by atoms with Crippen LogP contribution in [-0.2, 0) is 0 Å². The summed E-state index contributed by atoms with van der Waals surface area (Å²) in [6.45, 7) is 0.494. The van der Waals surface area contributed by atoms with Gasteiger partial charge in [-0.1, -0.05) is 5.11 Å². The van der Waals surface area contributed by atoms with Gasteiger partial charge in [0, 0.05) is 38.6 Å². The number of hydrogen-bond donors (Lipinski definition) is 3. The molecule has 1 amide bonds. The van der Waals surface area contributed by atoms with Crippen molar-refractivity contribution in [1.82, 2.24) is 15.2 Å². The monoisotopic (exact) mass is 396 g/mol. The highest BCUT2D eigenvalue weighted by Gasteiger charge is 2.29. The Kier molecular flexibility index (Phi) is 6.30. The minimum absolute atomic E-state index is 0.180. The molecule has 0 atom stereocenters. The standard InChI is InChI=1S/C18H24N10O/c1-20-14-5-4-13(17(23-14)22-12-8-11(9-12)10-21-27-19)18(29)24-15-6-7-16(26-25-15)28(2)3/h4-7,11-12H,8-10H2,1-3H3,(H2,20,22,23)(H,24,25,29). The smallest absolute Gasteiger partial charge is 0.260 e. The molecule has 152 valence electrons. The lowest BCUT2D eigenvalue weighted by Gasteiger charge is -2.35. The van der Waals surface area contributed by atoms with Crippen molar-refractivity contribution in [3.05, 3.63) is 40.3 Å². The maximum atomic E-state index is 12.8. The maximum Gasteiger partial charge on any atom is 0.260 e. The van der Waals surface area contributed by atoms with Gasteiger partial charge in [0.1, 0.15) is 11.6 Å². The molecule has 1 fully saturated rings. The lowest BCUT2D eigenvalue weighted by Crippen LogP contribution is -2.37. The molecule has 0 unspecified atom stereocenters. The highest BCUT2D eigenvalue weighted by Crippen LogP contribution is 2.31. The molecule has 11 heteroatoms. The van der Waals surface area contributed by atoms with Crippen molar-refractivity contribution in [2.24, 2.45) is 11.0 Å². The number of carbonyl (C=O) groups excluding carboxylic acids is 1. The Labute approximate surface area is 168 Å². The van der Waals surface area contributed by atoms with Gasteiger partial charge in [0.05, 0.1) is 5.56 Å². The second-order valence-electron chi connectivity index (χ2n) is 7.06. The van der Waals surface area contributed by atoms with Crippen molar-refractivity contribution >= 4 is 29.2 Å². The van der Waals surface area contributed by atoms with E-state index in [1.807, 2.05) is 19.0 Å². The predicted octanol–water partition coefficient (Wildman–Crippen LogP) is 2.73. The zero-order chi connectivity index (χ0) is 20.8. The maximum absolute atomic E-state index is 12.8. The van der Waals surface area contributed by atoms with E-state index in [1.165, 1.54) is 0 Å². The lowest BCUT2D eigenvalue weighted by atomic mass is 9.80. The largest absolute Gasteiger partial charge is 0.373 e. The van der Waals surface area contributed by atoms with Crippen molar-refractivity contribution in [2.75, 3.05) is 48.5 Å². The van der Waals surface area contributed by atoms with Gasteiger partial charge in [-0.2, -0.15) is 0 Å². The molecule has 2 aromatic heterocycles. The van der Waals surface area contributed by atoms with E-state index in [4.69, 9.17) is 5.53 Å². The van der Waals surface area contributed by atoms with Crippen LogP contribution in [0.1, 0.15) is 23.2 Å². The van der Waals surface area contributed by atoms with E-state index < -0.39 is 0 Å². The van der Waals surface area contributed by atoms with Crippen LogP contribution >= 0.6 is 0 Å². The van der Waals surface area contributed by atoms with Gasteiger partial charge < -0.3 is 20.9 Å². The number of nitrogens with one attached hydrogen (secondary N) is 3. The van der Waals surface area contributed by atoms with E-state index in [-0.39, 0.29) is 11.9 Å². The van der Waals surface area contributed by atoms with Gasteiger partial charge in [0.2, 0.25) is 0 Å². The minimum atomic E-state index is -0.320. The number of rotatable bonds is 8. The van der Waals surface area contributed by atoms with Gasteiger partial charge in [0.25, 0.3) is 5.91 Å². The first kappa shape index (κ1) is 20.2. The molecule has 0 spiro atoms. The van der Waals surface area contributed by atoms with Gasteiger partial charge in [-0.3, -0.25) is 4.79 Å². The Bertz CT molecular complexity index is 901. The SMILES string of the molecule is CNc1ccc(C(=O)Nc2ccc(N(C)C)nn2)c(NC2CC(CN=[N+]=[N-])C2)n1. The summed E-state index contributed by atoms with van der Waals surface area (Å²) in [4.78, 5) is 21.9. The van der Waals surface area contributed by atoms with Crippen LogP contribution < -0.4 is 20.9 Å². The summed E-state index contributed by atoms with van der Waals surface area (Å²) in [5.74, 6) is 2.26. The van der Waals surface area contributed by atoms with E-state index >= 15 is 0 Å². The number of amides is 1. The van der Waals surface area contributed by atoms with Crippen molar-refractivity contribution in [1.29, 1.82) is 0 Å². The summed E-state index contributed by atoms with van der Waals surface area (Å²) in [6.07, 6.45) is 1.73. The highest BCUT2D eigenvalue weighted by atomic mass is 16.1. The van der Waals surface area contributed by atoms with Crippen molar-refractivity contribution in [2.45, 2.75) is 18.9 Å². The summed E-state index contributed by atoms with van der Waals surface area (Å²) in [5.41, 5.74) is 8.84. The fourth-order valence-electron chi connectivity index (χ4n) is 3.05. The number of anilines is 4. The van der Waals surface area contributed by atoms with Crippen molar-refractivity contribution in [3.8, 4) is 0 Å². The minimum Gasteiger partial charge on any atom is -0.373 e. The summed E-state index contributed by atoms with van der Waals surface area (Å²) < 4.78 is 0. The van der Waals surface area contributed by atoms with Gasteiger partial charge in [-0.05, 0) is 48.6 Å². The van der Waals surface area contributed by atoms with E-state index in [1.54, 1.807) is 31.3 Å². The lowest BCUT2D eigenvalue weighted by molar-refractivity contribution is 0.102. The third-order valence-corrected chi connectivity index (χ3v) is 4.73. The zero-order valence-electron chi connectivity index (χ0n) is 16.6. The van der Waals surface area contributed by atoms with E-state index in [2.05, 4.69) is 41.2 Å². The first-order valence-electron chi connectivity index (χ1n) is 9.28. The van der Waals surface area contributed by atoms with Gasteiger partial charge in [0.15, 0.2) is 11.6 Å². The Morgan fingerprint density at radius 2 is 2.00 bits per heavy atom. The number of azide groups is 1. The molecule has 0 bridgehead atoms. The molecule has 0 saturated heterocycles. The molecule has 3 N–H and O–H groups in total. The highest BCUT2D eigenvalue weighted by molar-refractivity contribution is 6.07. The Morgan fingerprint density at radius 1 is 1.24 bits per heavy atom.